The molecule has 0 aromatic carbocycles. The Bertz CT molecular complexity index is 525. The third kappa shape index (κ3) is 4.27. The van der Waals surface area contributed by atoms with Gasteiger partial charge in [-0.15, -0.1) is 0 Å². The molecule has 2 amide bonds. The largest absolute Gasteiger partial charge is 0.351 e. The van der Waals surface area contributed by atoms with Gasteiger partial charge in [0.05, 0.1) is 0 Å². The molecule has 6 nitrogen and oxygen atoms in total. The maximum atomic E-state index is 12.5. The van der Waals surface area contributed by atoms with Crippen molar-refractivity contribution < 1.29 is 9.59 Å². The monoisotopic (exact) mass is 304 g/mol. The standard InChI is InChI=1S/C16H24N4O2/c1-3-4-8-17-15(21)13-6-5-7-14(18-13)16(22)20-11-9-19(2)10-12-20/h5-7H,3-4,8-12H2,1-2H3,(H,17,21). The van der Waals surface area contributed by atoms with E-state index in [9.17, 15) is 9.59 Å². The number of amides is 2. The molecule has 1 aliphatic rings. The third-order valence-corrected chi connectivity index (χ3v) is 3.81. The van der Waals surface area contributed by atoms with Crippen molar-refractivity contribution in [3.63, 3.8) is 0 Å². The molecule has 2 heterocycles. The van der Waals surface area contributed by atoms with E-state index in [0.717, 1.165) is 25.9 Å². The molecule has 1 aromatic rings. The van der Waals surface area contributed by atoms with Gasteiger partial charge in [-0.3, -0.25) is 9.59 Å². The van der Waals surface area contributed by atoms with Gasteiger partial charge in [-0.25, -0.2) is 4.98 Å². The van der Waals surface area contributed by atoms with Crippen LogP contribution in [0.1, 0.15) is 40.7 Å². The second-order valence-electron chi connectivity index (χ2n) is 5.61. The van der Waals surface area contributed by atoms with Crippen LogP contribution in [0.2, 0.25) is 0 Å². The van der Waals surface area contributed by atoms with Crippen LogP contribution >= 0.6 is 0 Å². The summed E-state index contributed by atoms with van der Waals surface area (Å²) in [5.41, 5.74) is 0.642. The molecule has 1 N–H and O–H groups in total. The van der Waals surface area contributed by atoms with Crippen molar-refractivity contribution in [3.05, 3.63) is 29.6 Å². The van der Waals surface area contributed by atoms with Crippen LogP contribution in [0.5, 0.6) is 0 Å². The van der Waals surface area contributed by atoms with Crippen LogP contribution in [0.15, 0.2) is 18.2 Å². The molecule has 0 saturated carbocycles. The van der Waals surface area contributed by atoms with Crippen LogP contribution < -0.4 is 5.32 Å². The molecule has 1 fully saturated rings. The van der Waals surface area contributed by atoms with E-state index in [1.807, 2.05) is 7.05 Å². The first-order valence-electron chi connectivity index (χ1n) is 7.85. The van der Waals surface area contributed by atoms with Gasteiger partial charge in [-0.1, -0.05) is 19.4 Å². The quantitative estimate of drug-likeness (QED) is 0.824. The molecule has 2 rings (SSSR count). The van der Waals surface area contributed by atoms with Gasteiger partial charge < -0.3 is 15.1 Å². The Hall–Kier alpha value is -1.95. The van der Waals surface area contributed by atoms with Crippen molar-refractivity contribution in [2.75, 3.05) is 39.8 Å². The van der Waals surface area contributed by atoms with E-state index in [1.165, 1.54) is 0 Å². The lowest BCUT2D eigenvalue weighted by Gasteiger charge is -2.32. The van der Waals surface area contributed by atoms with Crippen molar-refractivity contribution in [3.8, 4) is 0 Å². The normalized spacial score (nSPS) is 15.6. The van der Waals surface area contributed by atoms with Gasteiger partial charge >= 0.3 is 0 Å². The number of hydrogen-bond acceptors (Lipinski definition) is 4. The number of nitrogens with one attached hydrogen (secondary N) is 1. The number of pyridine rings is 1. The molecule has 0 unspecified atom stereocenters. The molecule has 6 heteroatoms. The number of rotatable bonds is 5. The third-order valence-electron chi connectivity index (χ3n) is 3.81. The van der Waals surface area contributed by atoms with E-state index in [4.69, 9.17) is 0 Å². The fraction of sp³-hybridized carbons (Fsp3) is 0.562. The maximum Gasteiger partial charge on any atom is 0.272 e. The molecule has 1 aliphatic heterocycles. The average Bonchev–Trinajstić information content (AvgIpc) is 2.55. The Morgan fingerprint density at radius 3 is 2.55 bits per heavy atom. The van der Waals surface area contributed by atoms with Crippen LogP contribution in [-0.2, 0) is 0 Å². The summed E-state index contributed by atoms with van der Waals surface area (Å²) in [6.07, 6.45) is 1.96. The van der Waals surface area contributed by atoms with Crippen LogP contribution in [-0.4, -0.2) is 66.4 Å². The van der Waals surface area contributed by atoms with Crippen LogP contribution in [0, 0.1) is 0 Å². The lowest BCUT2D eigenvalue weighted by atomic mass is 10.2. The van der Waals surface area contributed by atoms with Crippen molar-refractivity contribution in [1.29, 1.82) is 0 Å². The topological polar surface area (TPSA) is 65.5 Å². The highest BCUT2D eigenvalue weighted by Crippen LogP contribution is 2.07. The maximum absolute atomic E-state index is 12.5. The predicted octanol–water partition coefficient (Wildman–Crippen LogP) is 0.999. The lowest BCUT2D eigenvalue weighted by Crippen LogP contribution is -2.47. The van der Waals surface area contributed by atoms with E-state index in [0.29, 0.717) is 31.0 Å². The zero-order chi connectivity index (χ0) is 15.9. The van der Waals surface area contributed by atoms with Gasteiger partial charge in [0.15, 0.2) is 0 Å². The fourth-order valence-corrected chi connectivity index (χ4v) is 2.32. The van der Waals surface area contributed by atoms with E-state index < -0.39 is 0 Å². The van der Waals surface area contributed by atoms with Crippen molar-refractivity contribution in [1.82, 2.24) is 20.1 Å². The Morgan fingerprint density at radius 2 is 1.86 bits per heavy atom. The van der Waals surface area contributed by atoms with Gasteiger partial charge in [0.25, 0.3) is 11.8 Å². The second-order valence-corrected chi connectivity index (χ2v) is 5.61. The molecule has 0 radical (unpaired) electrons. The van der Waals surface area contributed by atoms with Gasteiger partial charge in [0, 0.05) is 32.7 Å². The highest BCUT2D eigenvalue weighted by molar-refractivity contribution is 5.96. The number of carbonyl (C=O) groups is 2. The Kier molecular flexibility index (Phi) is 5.89. The Morgan fingerprint density at radius 1 is 1.18 bits per heavy atom. The number of hydrogen-bond donors (Lipinski definition) is 1. The summed E-state index contributed by atoms with van der Waals surface area (Å²) in [6, 6.07) is 5.02. The van der Waals surface area contributed by atoms with Gasteiger partial charge in [0.2, 0.25) is 0 Å². The number of carbonyl (C=O) groups excluding carboxylic acids is 2. The SMILES string of the molecule is CCCCNC(=O)c1cccc(C(=O)N2CCN(C)CC2)n1. The highest BCUT2D eigenvalue weighted by atomic mass is 16.2. The predicted molar refractivity (Wildman–Crippen MR) is 84.9 cm³/mol. The van der Waals surface area contributed by atoms with Crippen LogP contribution in [0.4, 0.5) is 0 Å². The summed E-state index contributed by atoms with van der Waals surface area (Å²) >= 11 is 0. The van der Waals surface area contributed by atoms with Gasteiger partial charge in [0.1, 0.15) is 11.4 Å². The molecule has 0 aliphatic carbocycles. The molecular weight excluding hydrogens is 280 g/mol. The highest BCUT2D eigenvalue weighted by Gasteiger charge is 2.22. The zero-order valence-electron chi connectivity index (χ0n) is 13.3. The smallest absolute Gasteiger partial charge is 0.272 e. The first kappa shape index (κ1) is 16.4. The average molecular weight is 304 g/mol. The molecular formula is C16H24N4O2. The van der Waals surface area contributed by atoms with E-state index in [2.05, 4.69) is 22.1 Å². The summed E-state index contributed by atoms with van der Waals surface area (Å²) in [6.45, 7) is 5.83. The molecule has 120 valence electrons. The summed E-state index contributed by atoms with van der Waals surface area (Å²) < 4.78 is 0. The first-order valence-corrected chi connectivity index (χ1v) is 7.85. The molecule has 1 aromatic heterocycles. The summed E-state index contributed by atoms with van der Waals surface area (Å²) in [4.78, 5) is 32.7. The number of aromatic nitrogens is 1. The Balaban J connectivity index is 2.01. The molecule has 1 saturated heterocycles. The lowest BCUT2D eigenvalue weighted by molar-refractivity contribution is 0.0658. The second kappa shape index (κ2) is 7.89. The molecule has 0 atom stereocenters. The van der Waals surface area contributed by atoms with Crippen LogP contribution in [0.3, 0.4) is 0 Å². The molecule has 0 spiro atoms. The minimum atomic E-state index is -0.221. The molecule has 0 bridgehead atoms. The van der Waals surface area contributed by atoms with Crippen molar-refractivity contribution >= 4 is 11.8 Å². The van der Waals surface area contributed by atoms with Gasteiger partial charge in [-0.2, -0.15) is 0 Å². The van der Waals surface area contributed by atoms with E-state index in [1.54, 1.807) is 23.1 Å². The van der Waals surface area contributed by atoms with Crippen molar-refractivity contribution in [2.24, 2.45) is 0 Å². The zero-order valence-corrected chi connectivity index (χ0v) is 13.3. The first-order chi connectivity index (χ1) is 10.6. The van der Waals surface area contributed by atoms with Gasteiger partial charge in [-0.05, 0) is 25.6 Å². The minimum absolute atomic E-state index is 0.101. The van der Waals surface area contributed by atoms with Crippen molar-refractivity contribution in [2.45, 2.75) is 19.8 Å². The number of piperazine rings is 1. The Labute approximate surface area is 131 Å². The summed E-state index contributed by atoms with van der Waals surface area (Å²) in [5, 5.41) is 2.82. The number of unbranched alkanes of at least 4 members (excludes halogenated alkanes) is 1. The fourth-order valence-electron chi connectivity index (χ4n) is 2.32. The number of nitrogens with zero attached hydrogens (tertiary/aromatic N) is 3. The molecule has 22 heavy (non-hydrogen) atoms. The van der Waals surface area contributed by atoms with E-state index >= 15 is 0 Å². The summed E-state index contributed by atoms with van der Waals surface area (Å²) in [7, 11) is 2.04. The van der Waals surface area contributed by atoms with E-state index in [-0.39, 0.29) is 11.8 Å². The van der Waals surface area contributed by atoms with Crippen LogP contribution in [0.25, 0.3) is 0 Å². The number of likely N-dealkylation sites (N-methyl/N-ethyl adjacent to an activating group) is 1. The summed E-state index contributed by atoms with van der Waals surface area (Å²) in [5.74, 6) is -0.321. The minimum Gasteiger partial charge on any atom is -0.351 e.